The number of halogens is 4. The molecule has 0 atom stereocenters. The van der Waals surface area contributed by atoms with Gasteiger partial charge in [-0.2, -0.15) is 17.9 Å². The number of aromatic nitrogens is 4. The van der Waals surface area contributed by atoms with Crippen LogP contribution in [-0.4, -0.2) is 34.0 Å². The Bertz CT molecular complexity index is 1490. The first-order valence-electron chi connectivity index (χ1n) is 10.6. The van der Waals surface area contributed by atoms with Crippen LogP contribution in [0.15, 0.2) is 67.1 Å². The second-order valence-corrected chi connectivity index (χ2v) is 7.55. The summed E-state index contributed by atoms with van der Waals surface area (Å²) in [4.78, 5) is 24.3. The number of benzene rings is 2. The van der Waals surface area contributed by atoms with E-state index < -0.39 is 29.5 Å². The van der Waals surface area contributed by atoms with Crippen LogP contribution in [0.5, 0.6) is 11.5 Å². The highest BCUT2D eigenvalue weighted by molar-refractivity contribution is 6.01. The maximum absolute atomic E-state index is 14.7. The fraction of sp³-hybridized carbons (Fsp3) is 0.0870. The molecule has 3 amide bonds. The van der Waals surface area contributed by atoms with Gasteiger partial charge in [-0.3, -0.25) is 4.79 Å². The fourth-order valence-electron chi connectivity index (χ4n) is 3.25. The van der Waals surface area contributed by atoms with E-state index in [0.717, 1.165) is 41.2 Å². The maximum Gasteiger partial charge on any atom is 0.416 e. The lowest BCUT2D eigenvalue weighted by Crippen LogP contribution is -2.37. The zero-order valence-corrected chi connectivity index (χ0v) is 19.3. The van der Waals surface area contributed by atoms with E-state index in [1.807, 2.05) is 0 Å². The van der Waals surface area contributed by atoms with E-state index in [1.165, 1.54) is 31.6 Å². The molecule has 0 spiro atoms. The molecule has 0 fully saturated rings. The molecule has 0 aliphatic rings. The first kappa shape index (κ1) is 25.9. The average molecular weight is 531 g/mol. The second-order valence-electron chi connectivity index (χ2n) is 7.55. The highest BCUT2D eigenvalue weighted by Gasteiger charge is 2.31. The number of hydrogen-bond donors (Lipinski definition) is 3. The van der Waals surface area contributed by atoms with Gasteiger partial charge >= 0.3 is 18.1 Å². The number of urea groups is 1. The Hall–Kier alpha value is -5.21. The first-order chi connectivity index (χ1) is 18.0. The second kappa shape index (κ2) is 10.4. The number of hydrogen-bond acceptors (Lipinski definition) is 6. The number of nitrogens with one attached hydrogen (secondary N) is 3. The van der Waals surface area contributed by atoms with E-state index in [1.54, 1.807) is 0 Å². The highest BCUT2D eigenvalue weighted by Crippen LogP contribution is 2.33. The topological polar surface area (TPSA) is 137 Å². The molecule has 3 N–H and O–H groups in total. The summed E-state index contributed by atoms with van der Waals surface area (Å²) in [6, 6.07) is 7.40. The summed E-state index contributed by atoms with van der Waals surface area (Å²) in [5.41, 5.74) is -1.74. The zero-order valence-electron chi connectivity index (χ0n) is 19.3. The van der Waals surface area contributed by atoms with Gasteiger partial charge < -0.3 is 25.9 Å². The Morgan fingerprint density at radius 1 is 1.03 bits per heavy atom. The molecule has 196 valence electrons. The van der Waals surface area contributed by atoms with Gasteiger partial charge in [-0.15, -0.1) is 5.10 Å². The van der Waals surface area contributed by atoms with Crippen molar-refractivity contribution in [1.29, 1.82) is 0 Å². The molecule has 0 bridgehead atoms. The third-order valence-electron chi connectivity index (χ3n) is 5.02. The normalized spacial score (nSPS) is 11.1. The van der Waals surface area contributed by atoms with E-state index in [0.29, 0.717) is 10.8 Å². The Labute approximate surface area is 211 Å². The molecule has 0 radical (unpaired) electrons. The van der Waals surface area contributed by atoms with Crippen LogP contribution in [-0.2, 0) is 6.18 Å². The molecule has 0 saturated carbocycles. The number of amides is 3. The van der Waals surface area contributed by atoms with Crippen molar-refractivity contribution in [1.82, 2.24) is 20.3 Å². The smallest absolute Gasteiger partial charge is 0.416 e. The Morgan fingerprint density at radius 2 is 1.76 bits per heavy atom. The van der Waals surface area contributed by atoms with E-state index in [4.69, 9.17) is 4.74 Å². The molecule has 0 aliphatic carbocycles. The van der Waals surface area contributed by atoms with Gasteiger partial charge in [0.1, 0.15) is 17.3 Å². The maximum atomic E-state index is 14.7. The van der Waals surface area contributed by atoms with Gasteiger partial charge in [0.25, 0.3) is 5.69 Å². The van der Waals surface area contributed by atoms with Gasteiger partial charge in [-0.25, -0.2) is 13.9 Å². The molecule has 11 nitrogen and oxygen atoms in total. The third kappa shape index (κ3) is 5.77. The van der Waals surface area contributed by atoms with Crippen molar-refractivity contribution in [2.24, 2.45) is 0 Å². The summed E-state index contributed by atoms with van der Waals surface area (Å²) in [6.45, 7) is 0. The summed E-state index contributed by atoms with van der Waals surface area (Å²) < 4.78 is 61.3. The predicted molar refractivity (Wildman–Crippen MR) is 124 cm³/mol. The van der Waals surface area contributed by atoms with Crippen molar-refractivity contribution in [3.8, 4) is 17.2 Å². The molecule has 2 heterocycles. The molecule has 0 saturated heterocycles. The highest BCUT2D eigenvalue weighted by atomic mass is 19.4. The molecule has 4 rings (SSSR count). The fourth-order valence-corrected chi connectivity index (χ4v) is 3.25. The van der Waals surface area contributed by atoms with Gasteiger partial charge in [-0.05, 0) is 30.3 Å². The summed E-state index contributed by atoms with van der Waals surface area (Å²) in [7, 11) is 1.34. The van der Waals surface area contributed by atoms with Crippen LogP contribution in [0.4, 0.5) is 33.7 Å². The number of pyridine rings is 1. The van der Waals surface area contributed by atoms with Crippen molar-refractivity contribution in [3.63, 3.8) is 0 Å². The van der Waals surface area contributed by atoms with Crippen LogP contribution in [0.3, 0.4) is 0 Å². The number of carbonyl (C=O) groups excluding carboxylic acids is 2. The van der Waals surface area contributed by atoms with E-state index in [-0.39, 0.29) is 34.3 Å². The molecule has 2 aromatic carbocycles. The standard InChI is InChI=1S/C23H17F4N7O4/c1-28-21(35)20-12-15(6-8-34(20)37)38-14-3-4-17(16(24)11-14)30-22(36)31-18-10-13(23(25,26)27)2-5-19(18)33-9-7-29-32-33/h2-12H,1H3,(H,28,35)(H2,30,31,36). The van der Waals surface area contributed by atoms with Crippen LogP contribution in [0.2, 0.25) is 0 Å². The number of nitrogens with zero attached hydrogens (tertiary/aromatic N) is 4. The number of rotatable bonds is 6. The van der Waals surface area contributed by atoms with Gasteiger partial charge in [0, 0.05) is 19.2 Å². The number of anilines is 2. The van der Waals surface area contributed by atoms with Crippen LogP contribution in [0, 0.1) is 11.0 Å². The van der Waals surface area contributed by atoms with Crippen molar-refractivity contribution in [2.45, 2.75) is 6.18 Å². The average Bonchev–Trinajstić information content (AvgIpc) is 3.40. The van der Waals surface area contributed by atoms with Crippen molar-refractivity contribution < 1.29 is 36.6 Å². The Kier molecular flexibility index (Phi) is 7.09. The van der Waals surface area contributed by atoms with Gasteiger partial charge in [-0.1, -0.05) is 5.21 Å². The minimum absolute atomic E-state index is 0.0219. The number of ether oxygens (including phenoxy) is 1. The van der Waals surface area contributed by atoms with Crippen LogP contribution < -0.4 is 25.4 Å². The lowest BCUT2D eigenvalue weighted by molar-refractivity contribution is -0.607. The minimum atomic E-state index is -4.68. The van der Waals surface area contributed by atoms with Crippen molar-refractivity contribution >= 4 is 23.3 Å². The van der Waals surface area contributed by atoms with Crippen molar-refractivity contribution in [3.05, 3.63) is 89.4 Å². The van der Waals surface area contributed by atoms with E-state index >= 15 is 0 Å². The van der Waals surface area contributed by atoms with E-state index in [2.05, 4.69) is 26.3 Å². The molecule has 0 aliphatic heterocycles. The third-order valence-corrected chi connectivity index (χ3v) is 5.02. The summed E-state index contributed by atoms with van der Waals surface area (Å²) in [5, 5.41) is 25.8. The first-order valence-corrected chi connectivity index (χ1v) is 10.6. The van der Waals surface area contributed by atoms with E-state index in [9.17, 15) is 32.4 Å². The SMILES string of the molecule is CNC(=O)c1cc(Oc2ccc(NC(=O)Nc3cc(C(F)(F)F)ccc3-n3ccnn3)c(F)c2)cc[n+]1[O-]. The predicted octanol–water partition coefficient (Wildman–Crippen LogP) is 3.85. The van der Waals surface area contributed by atoms with Gasteiger partial charge in [0.05, 0.1) is 41.1 Å². The largest absolute Gasteiger partial charge is 0.618 e. The Balaban J connectivity index is 1.51. The molecule has 15 heteroatoms. The lowest BCUT2D eigenvalue weighted by atomic mass is 10.1. The Morgan fingerprint density at radius 3 is 2.42 bits per heavy atom. The van der Waals surface area contributed by atoms with Crippen LogP contribution in [0.1, 0.15) is 16.1 Å². The molecule has 2 aromatic heterocycles. The summed E-state index contributed by atoms with van der Waals surface area (Å²) in [5.74, 6) is -1.54. The zero-order chi connectivity index (χ0) is 27.4. The molecular formula is C23H17F4N7O4. The summed E-state index contributed by atoms with van der Waals surface area (Å²) in [6.07, 6.45) is -0.972. The number of carbonyl (C=O) groups is 2. The van der Waals surface area contributed by atoms with Crippen molar-refractivity contribution in [2.75, 3.05) is 17.7 Å². The molecule has 4 aromatic rings. The van der Waals surface area contributed by atoms with Crippen LogP contribution >= 0.6 is 0 Å². The number of alkyl halides is 3. The van der Waals surface area contributed by atoms with Crippen LogP contribution in [0.25, 0.3) is 5.69 Å². The van der Waals surface area contributed by atoms with Gasteiger partial charge in [0.2, 0.25) is 0 Å². The summed E-state index contributed by atoms with van der Waals surface area (Å²) >= 11 is 0. The molecular weight excluding hydrogens is 514 g/mol. The quantitative estimate of drug-likeness (QED) is 0.196. The monoisotopic (exact) mass is 531 g/mol. The molecule has 0 unspecified atom stereocenters. The molecule has 38 heavy (non-hydrogen) atoms. The minimum Gasteiger partial charge on any atom is -0.618 e. The lowest BCUT2D eigenvalue weighted by Gasteiger charge is -2.15. The van der Waals surface area contributed by atoms with Gasteiger partial charge in [0.15, 0.2) is 6.20 Å².